The first-order valence-corrected chi connectivity index (χ1v) is 8.03. The first-order chi connectivity index (χ1) is 10.1. The summed E-state index contributed by atoms with van der Waals surface area (Å²) in [6, 6.07) is 5.52. The van der Waals surface area contributed by atoms with Gasteiger partial charge in [0.25, 0.3) is 0 Å². The Balaban J connectivity index is 1.83. The topological polar surface area (TPSA) is 77.3 Å². The van der Waals surface area contributed by atoms with E-state index in [-0.39, 0.29) is 17.5 Å². The van der Waals surface area contributed by atoms with Crippen molar-refractivity contribution in [3.8, 4) is 0 Å². The highest BCUT2D eigenvalue weighted by molar-refractivity contribution is 7.89. The number of hydrogen-bond donors (Lipinski definition) is 0. The third-order valence-electron chi connectivity index (χ3n) is 3.37. The summed E-state index contributed by atoms with van der Waals surface area (Å²) in [7, 11) is -1.85. The molecule has 0 unspecified atom stereocenters. The smallest absolute Gasteiger partial charge is 0.246 e. The quantitative estimate of drug-likeness (QED) is 0.829. The molecule has 0 aliphatic carbocycles. The molecule has 7 nitrogen and oxygen atoms in total. The van der Waals surface area contributed by atoms with E-state index in [4.69, 9.17) is 4.74 Å². The fourth-order valence-corrected chi connectivity index (χ4v) is 3.68. The maximum Gasteiger partial charge on any atom is 0.246 e. The van der Waals surface area contributed by atoms with Crippen molar-refractivity contribution in [2.45, 2.75) is 11.0 Å². The lowest BCUT2D eigenvalue weighted by atomic mass is 10.2. The highest BCUT2D eigenvalue weighted by Crippen LogP contribution is 2.24. The van der Waals surface area contributed by atoms with Gasteiger partial charge in [0.1, 0.15) is 11.0 Å². The minimum absolute atomic E-state index is 0.201. The Morgan fingerprint density at radius 2 is 2.24 bits per heavy atom. The predicted molar refractivity (Wildman–Crippen MR) is 74.9 cm³/mol. The molecule has 1 saturated heterocycles. The number of hydrogen-bond acceptors (Lipinski definition) is 5. The normalized spacial score (nSPS) is 20.5. The van der Waals surface area contributed by atoms with Crippen molar-refractivity contribution < 1.29 is 13.2 Å². The van der Waals surface area contributed by atoms with Crippen molar-refractivity contribution in [2.75, 3.05) is 19.7 Å². The van der Waals surface area contributed by atoms with Crippen LogP contribution in [0.4, 0.5) is 0 Å². The van der Waals surface area contributed by atoms with Crippen molar-refractivity contribution in [1.29, 1.82) is 0 Å². The minimum atomic E-state index is -3.54. The van der Waals surface area contributed by atoms with E-state index in [1.165, 1.54) is 21.4 Å². The summed E-state index contributed by atoms with van der Waals surface area (Å²) in [6.45, 7) is 0.940. The van der Waals surface area contributed by atoms with Crippen LogP contribution in [-0.4, -0.2) is 47.2 Å². The van der Waals surface area contributed by atoms with Crippen LogP contribution in [0.15, 0.2) is 41.7 Å². The summed E-state index contributed by atoms with van der Waals surface area (Å²) in [5.41, 5.74) is 0.739. The summed E-state index contributed by atoms with van der Waals surface area (Å²) < 4.78 is 33.7. The van der Waals surface area contributed by atoms with Gasteiger partial charge in [0.2, 0.25) is 10.0 Å². The van der Waals surface area contributed by atoms with E-state index in [0.29, 0.717) is 13.2 Å². The highest BCUT2D eigenvalue weighted by Gasteiger charge is 2.32. The van der Waals surface area contributed by atoms with Crippen LogP contribution >= 0.6 is 0 Å². The van der Waals surface area contributed by atoms with Crippen LogP contribution in [0.3, 0.4) is 0 Å². The van der Waals surface area contributed by atoms with Gasteiger partial charge in [-0.15, -0.1) is 0 Å². The number of sulfonamides is 1. The van der Waals surface area contributed by atoms with Crippen LogP contribution in [0.2, 0.25) is 0 Å². The summed E-state index contributed by atoms with van der Waals surface area (Å²) in [4.78, 5) is 4.43. The van der Waals surface area contributed by atoms with Gasteiger partial charge in [-0.3, -0.25) is 9.67 Å². The molecule has 0 N–H and O–H groups in total. The summed E-state index contributed by atoms with van der Waals surface area (Å²) in [5, 5.41) is 3.92. The van der Waals surface area contributed by atoms with E-state index in [2.05, 4.69) is 10.1 Å². The fraction of sp³-hybridized carbons (Fsp3) is 0.385. The fourth-order valence-electron chi connectivity index (χ4n) is 2.27. The summed E-state index contributed by atoms with van der Waals surface area (Å²) in [6.07, 6.45) is 4.19. The zero-order valence-corrected chi connectivity index (χ0v) is 12.4. The lowest BCUT2D eigenvalue weighted by molar-refractivity contribution is -0.00493. The van der Waals surface area contributed by atoms with Crippen molar-refractivity contribution >= 4 is 10.0 Å². The molecule has 2 aromatic heterocycles. The van der Waals surface area contributed by atoms with Gasteiger partial charge in [-0.25, -0.2) is 8.42 Å². The molecule has 2 aromatic rings. The third kappa shape index (κ3) is 2.82. The van der Waals surface area contributed by atoms with E-state index in [1.54, 1.807) is 13.2 Å². The highest BCUT2D eigenvalue weighted by atomic mass is 32.2. The Kier molecular flexibility index (Phi) is 3.75. The SMILES string of the molecule is Cn1cc(S(=O)(=O)N2CCO[C@@H](c3ccccn3)C2)cn1. The van der Waals surface area contributed by atoms with Crippen molar-refractivity contribution in [3.63, 3.8) is 0 Å². The molecule has 1 fully saturated rings. The Bertz CT molecular complexity index is 714. The number of aromatic nitrogens is 3. The molecule has 112 valence electrons. The second kappa shape index (κ2) is 5.55. The maximum atomic E-state index is 12.6. The first kappa shape index (κ1) is 14.2. The largest absolute Gasteiger partial charge is 0.369 e. The van der Waals surface area contributed by atoms with Gasteiger partial charge in [0.15, 0.2) is 0 Å². The lowest BCUT2D eigenvalue weighted by Crippen LogP contribution is -2.42. The van der Waals surface area contributed by atoms with Crippen LogP contribution in [0.1, 0.15) is 11.8 Å². The van der Waals surface area contributed by atoms with E-state index >= 15 is 0 Å². The molecule has 1 aliphatic rings. The van der Waals surface area contributed by atoms with Gasteiger partial charge in [-0.2, -0.15) is 9.40 Å². The zero-order valence-electron chi connectivity index (χ0n) is 11.6. The molecule has 0 radical (unpaired) electrons. The van der Waals surface area contributed by atoms with Gasteiger partial charge in [0, 0.05) is 32.5 Å². The van der Waals surface area contributed by atoms with E-state index in [1.807, 2.05) is 18.2 Å². The monoisotopic (exact) mass is 308 g/mol. The average molecular weight is 308 g/mol. The molecule has 1 aliphatic heterocycles. The van der Waals surface area contributed by atoms with Crippen LogP contribution < -0.4 is 0 Å². The van der Waals surface area contributed by atoms with Crippen molar-refractivity contribution in [3.05, 3.63) is 42.5 Å². The minimum Gasteiger partial charge on any atom is -0.369 e. The van der Waals surface area contributed by atoms with E-state index in [0.717, 1.165) is 5.69 Å². The van der Waals surface area contributed by atoms with Gasteiger partial charge in [-0.1, -0.05) is 6.07 Å². The zero-order chi connectivity index (χ0) is 14.9. The number of morpholine rings is 1. The van der Waals surface area contributed by atoms with Crippen molar-refractivity contribution in [2.24, 2.45) is 7.05 Å². The molecule has 0 bridgehead atoms. The molecule has 1 atom stereocenters. The second-order valence-corrected chi connectivity index (χ2v) is 6.76. The first-order valence-electron chi connectivity index (χ1n) is 6.59. The predicted octanol–water partition coefficient (Wildman–Crippen LogP) is 0.577. The molecule has 0 aromatic carbocycles. The second-order valence-electron chi connectivity index (χ2n) is 4.83. The van der Waals surface area contributed by atoms with E-state index in [9.17, 15) is 8.42 Å². The standard InChI is InChI=1S/C13H16N4O3S/c1-16-9-11(8-15-16)21(18,19)17-6-7-20-13(10-17)12-4-2-3-5-14-12/h2-5,8-9,13H,6-7,10H2,1H3/t13-/m1/s1. The number of rotatable bonds is 3. The lowest BCUT2D eigenvalue weighted by Gasteiger charge is -2.31. The van der Waals surface area contributed by atoms with Crippen LogP contribution in [-0.2, 0) is 21.8 Å². The average Bonchev–Trinajstić information content (AvgIpc) is 2.96. The van der Waals surface area contributed by atoms with Crippen LogP contribution in [0, 0.1) is 0 Å². The molecule has 3 rings (SSSR count). The Hall–Kier alpha value is -1.77. The Morgan fingerprint density at radius 1 is 1.38 bits per heavy atom. The molecule has 8 heteroatoms. The van der Waals surface area contributed by atoms with E-state index < -0.39 is 10.0 Å². The van der Waals surface area contributed by atoms with Gasteiger partial charge < -0.3 is 4.74 Å². The molecular formula is C13H16N4O3S. The molecule has 0 saturated carbocycles. The van der Waals surface area contributed by atoms with Gasteiger partial charge in [-0.05, 0) is 12.1 Å². The van der Waals surface area contributed by atoms with Gasteiger partial charge >= 0.3 is 0 Å². The Labute approximate surface area is 123 Å². The van der Waals surface area contributed by atoms with Crippen molar-refractivity contribution in [1.82, 2.24) is 19.1 Å². The molecule has 3 heterocycles. The van der Waals surface area contributed by atoms with Gasteiger partial charge in [0.05, 0.1) is 18.5 Å². The molecular weight excluding hydrogens is 292 g/mol. The molecule has 0 amide bonds. The number of pyridine rings is 1. The summed E-state index contributed by atoms with van der Waals surface area (Å²) in [5.74, 6) is 0. The Morgan fingerprint density at radius 3 is 2.90 bits per heavy atom. The number of aryl methyl sites for hydroxylation is 1. The van der Waals surface area contributed by atoms with Crippen LogP contribution in [0.25, 0.3) is 0 Å². The summed E-state index contributed by atoms with van der Waals surface area (Å²) >= 11 is 0. The number of nitrogens with zero attached hydrogens (tertiary/aromatic N) is 4. The molecule has 21 heavy (non-hydrogen) atoms. The van der Waals surface area contributed by atoms with Crippen LogP contribution in [0.5, 0.6) is 0 Å². The molecule has 0 spiro atoms. The maximum absolute atomic E-state index is 12.6. The third-order valence-corrected chi connectivity index (χ3v) is 5.18. The number of ether oxygens (including phenoxy) is 1.